The first-order valence-electron chi connectivity index (χ1n) is 8.29. The number of nitrogens with zero attached hydrogens (tertiary/aromatic N) is 1. The lowest BCUT2D eigenvalue weighted by Gasteiger charge is -2.43. The molecule has 3 unspecified atom stereocenters. The molecule has 0 bridgehead atoms. The van der Waals surface area contributed by atoms with Gasteiger partial charge >= 0.3 is 0 Å². The van der Waals surface area contributed by atoms with E-state index in [0.717, 1.165) is 32.2 Å². The molecule has 2 aliphatic rings. The molecule has 20 heavy (non-hydrogen) atoms. The fourth-order valence-corrected chi connectivity index (χ4v) is 3.84. The lowest BCUT2D eigenvalue weighted by atomic mass is 9.78. The second kappa shape index (κ2) is 7.41. The molecule has 1 heterocycles. The fraction of sp³-hybridized carbons (Fsp3) is 0.938. The Balaban J connectivity index is 1.95. The van der Waals surface area contributed by atoms with Crippen LogP contribution in [0.15, 0.2) is 0 Å². The van der Waals surface area contributed by atoms with E-state index in [4.69, 9.17) is 0 Å². The van der Waals surface area contributed by atoms with Gasteiger partial charge in [0.05, 0.1) is 12.6 Å². The van der Waals surface area contributed by atoms with E-state index in [0.29, 0.717) is 18.5 Å². The molecular weight excluding hydrogens is 252 g/mol. The van der Waals surface area contributed by atoms with Gasteiger partial charge in [-0.2, -0.15) is 0 Å². The van der Waals surface area contributed by atoms with Crippen LogP contribution in [0.1, 0.15) is 58.8 Å². The van der Waals surface area contributed by atoms with Crippen LogP contribution in [0.3, 0.4) is 0 Å². The number of aliphatic hydroxyl groups excluding tert-OH is 1. The van der Waals surface area contributed by atoms with E-state index in [1.54, 1.807) is 0 Å². The molecule has 2 fully saturated rings. The highest BCUT2D eigenvalue weighted by atomic mass is 16.3. The summed E-state index contributed by atoms with van der Waals surface area (Å²) in [5, 5.41) is 13.3. The third-order valence-corrected chi connectivity index (χ3v) is 4.74. The first-order valence-corrected chi connectivity index (χ1v) is 8.29. The molecule has 0 spiro atoms. The third kappa shape index (κ3) is 4.19. The minimum Gasteiger partial charge on any atom is -0.393 e. The van der Waals surface area contributed by atoms with Gasteiger partial charge in [-0.05, 0) is 46.1 Å². The summed E-state index contributed by atoms with van der Waals surface area (Å²) in [4.78, 5) is 14.3. The highest BCUT2D eigenvalue weighted by molar-refractivity contribution is 5.78. The van der Waals surface area contributed by atoms with Crippen molar-refractivity contribution in [1.29, 1.82) is 0 Å². The average Bonchev–Trinajstić information content (AvgIpc) is 2.39. The van der Waals surface area contributed by atoms with Crippen molar-refractivity contribution < 1.29 is 9.90 Å². The molecular formula is C16H30N2O2. The first-order chi connectivity index (χ1) is 9.58. The number of hydrogen-bond donors (Lipinski definition) is 2. The van der Waals surface area contributed by atoms with Crippen molar-refractivity contribution in [2.45, 2.75) is 77.0 Å². The van der Waals surface area contributed by atoms with Gasteiger partial charge in [-0.1, -0.05) is 19.3 Å². The Bertz CT molecular complexity index is 320. The number of piperidine rings is 1. The van der Waals surface area contributed by atoms with Gasteiger partial charge < -0.3 is 10.4 Å². The molecule has 4 heteroatoms. The molecule has 2 rings (SSSR count). The van der Waals surface area contributed by atoms with E-state index in [2.05, 4.69) is 10.2 Å². The minimum absolute atomic E-state index is 0.122. The number of nitrogens with one attached hydrogen (secondary N) is 1. The number of rotatable bonds is 4. The fourth-order valence-electron chi connectivity index (χ4n) is 3.84. The van der Waals surface area contributed by atoms with E-state index >= 15 is 0 Å². The number of hydrogen-bond acceptors (Lipinski definition) is 3. The standard InChI is InChI=1S/C16H30N2O2/c1-12(2)17-16(20)11-18-10-6-5-8-14(18)13-7-3-4-9-15(13)19/h12-15,19H,3-11H2,1-2H3,(H,17,20). The van der Waals surface area contributed by atoms with Gasteiger partial charge in [0, 0.05) is 18.0 Å². The Morgan fingerprint density at radius 1 is 1.20 bits per heavy atom. The molecule has 0 aromatic carbocycles. The summed E-state index contributed by atoms with van der Waals surface area (Å²) in [6.45, 7) is 5.48. The molecule has 1 aliphatic carbocycles. The summed E-state index contributed by atoms with van der Waals surface area (Å²) in [5.41, 5.74) is 0. The molecule has 4 nitrogen and oxygen atoms in total. The van der Waals surface area contributed by atoms with E-state index in [-0.39, 0.29) is 18.1 Å². The second-order valence-corrected chi connectivity index (χ2v) is 6.77. The predicted molar refractivity (Wildman–Crippen MR) is 80.5 cm³/mol. The third-order valence-electron chi connectivity index (χ3n) is 4.74. The van der Waals surface area contributed by atoms with Gasteiger partial charge in [-0.15, -0.1) is 0 Å². The van der Waals surface area contributed by atoms with Crippen LogP contribution in [0.5, 0.6) is 0 Å². The van der Waals surface area contributed by atoms with Gasteiger partial charge in [-0.3, -0.25) is 9.69 Å². The minimum atomic E-state index is -0.164. The highest BCUT2D eigenvalue weighted by Crippen LogP contribution is 2.33. The summed E-state index contributed by atoms with van der Waals surface area (Å²) in [5.74, 6) is 0.494. The summed E-state index contributed by atoms with van der Waals surface area (Å²) in [6.07, 6.45) is 7.81. The number of likely N-dealkylation sites (tertiary alicyclic amines) is 1. The zero-order valence-corrected chi connectivity index (χ0v) is 13.0. The SMILES string of the molecule is CC(C)NC(=O)CN1CCCCC1C1CCCCC1O. The number of amides is 1. The van der Waals surface area contributed by atoms with E-state index in [1.165, 1.54) is 19.3 Å². The van der Waals surface area contributed by atoms with Crippen LogP contribution in [0.25, 0.3) is 0 Å². The van der Waals surface area contributed by atoms with Crippen LogP contribution >= 0.6 is 0 Å². The van der Waals surface area contributed by atoms with Gasteiger partial charge in [0.1, 0.15) is 0 Å². The second-order valence-electron chi connectivity index (χ2n) is 6.77. The maximum absolute atomic E-state index is 12.0. The van der Waals surface area contributed by atoms with Crippen LogP contribution in [0.2, 0.25) is 0 Å². The summed E-state index contributed by atoms with van der Waals surface area (Å²) < 4.78 is 0. The normalized spacial score (nSPS) is 32.3. The van der Waals surface area contributed by atoms with E-state index in [9.17, 15) is 9.90 Å². The molecule has 0 aromatic heterocycles. The number of carbonyl (C=O) groups excluding carboxylic acids is 1. The highest BCUT2D eigenvalue weighted by Gasteiger charge is 2.36. The summed E-state index contributed by atoms with van der Waals surface area (Å²) in [6, 6.07) is 0.600. The molecule has 1 aliphatic heterocycles. The van der Waals surface area contributed by atoms with Crippen molar-refractivity contribution in [2.24, 2.45) is 5.92 Å². The van der Waals surface area contributed by atoms with Crippen molar-refractivity contribution in [1.82, 2.24) is 10.2 Å². The van der Waals surface area contributed by atoms with Crippen molar-refractivity contribution in [3.8, 4) is 0 Å². The van der Waals surface area contributed by atoms with Gasteiger partial charge in [0.2, 0.25) is 5.91 Å². The molecule has 2 N–H and O–H groups in total. The van der Waals surface area contributed by atoms with Crippen molar-refractivity contribution in [3.63, 3.8) is 0 Å². The lowest BCUT2D eigenvalue weighted by Crippen LogP contribution is -2.52. The van der Waals surface area contributed by atoms with Gasteiger partial charge in [0.15, 0.2) is 0 Å². The van der Waals surface area contributed by atoms with Crippen LogP contribution in [0, 0.1) is 5.92 Å². The van der Waals surface area contributed by atoms with Crippen LogP contribution in [0.4, 0.5) is 0 Å². The van der Waals surface area contributed by atoms with Crippen LogP contribution < -0.4 is 5.32 Å². The zero-order valence-electron chi connectivity index (χ0n) is 13.0. The Hall–Kier alpha value is -0.610. The zero-order chi connectivity index (χ0) is 14.5. The first kappa shape index (κ1) is 15.8. The summed E-state index contributed by atoms with van der Waals surface area (Å²) >= 11 is 0. The van der Waals surface area contributed by atoms with E-state index in [1.807, 2.05) is 13.8 Å². The van der Waals surface area contributed by atoms with Crippen molar-refractivity contribution in [3.05, 3.63) is 0 Å². The van der Waals surface area contributed by atoms with E-state index < -0.39 is 0 Å². The molecule has 1 amide bonds. The Labute approximate surface area is 122 Å². The number of aliphatic hydroxyl groups is 1. The maximum Gasteiger partial charge on any atom is 0.234 e. The topological polar surface area (TPSA) is 52.6 Å². The lowest BCUT2D eigenvalue weighted by molar-refractivity contribution is -0.124. The monoisotopic (exact) mass is 282 g/mol. The quantitative estimate of drug-likeness (QED) is 0.828. The molecule has 116 valence electrons. The molecule has 0 radical (unpaired) electrons. The molecule has 3 atom stereocenters. The van der Waals surface area contributed by atoms with Crippen molar-refractivity contribution in [2.75, 3.05) is 13.1 Å². The smallest absolute Gasteiger partial charge is 0.234 e. The van der Waals surface area contributed by atoms with Crippen molar-refractivity contribution >= 4 is 5.91 Å². The van der Waals surface area contributed by atoms with Crippen LogP contribution in [-0.2, 0) is 4.79 Å². The largest absolute Gasteiger partial charge is 0.393 e. The Morgan fingerprint density at radius 3 is 2.60 bits per heavy atom. The Kier molecular flexibility index (Phi) is 5.85. The van der Waals surface area contributed by atoms with Gasteiger partial charge in [0.25, 0.3) is 0 Å². The molecule has 1 saturated carbocycles. The molecule has 1 saturated heterocycles. The Morgan fingerprint density at radius 2 is 1.90 bits per heavy atom. The predicted octanol–water partition coefficient (Wildman–Crippen LogP) is 1.92. The average molecular weight is 282 g/mol. The van der Waals surface area contributed by atoms with Crippen LogP contribution in [-0.4, -0.2) is 47.2 Å². The molecule has 0 aromatic rings. The maximum atomic E-state index is 12.0. The van der Waals surface area contributed by atoms with Gasteiger partial charge in [-0.25, -0.2) is 0 Å². The number of carbonyl (C=O) groups is 1. The summed E-state index contributed by atoms with van der Waals surface area (Å²) in [7, 11) is 0.